The van der Waals surface area contributed by atoms with Crippen LogP contribution in [0.5, 0.6) is 5.88 Å². The van der Waals surface area contributed by atoms with Gasteiger partial charge in [0.1, 0.15) is 5.02 Å². The van der Waals surface area contributed by atoms with Gasteiger partial charge in [-0.25, -0.2) is 4.98 Å². The van der Waals surface area contributed by atoms with E-state index in [4.69, 9.17) is 26.8 Å². The molecule has 0 unspecified atom stereocenters. The minimum absolute atomic E-state index is 0.00585. The first-order valence-corrected chi connectivity index (χ1v) is 11.4. The van der Waals surface area contributed by atoms with Gasteiger partial charge in [0.15, 0.2) is 0 Å². The number of benzene rings is 1. The van der Waals surface area contributed by atoms with E-state index in [0.717, 1.165) is 17.7 Å². The lowest BCUT2D eigenvalue weighted by Gasteiger charge is -2.30. The smallest absolute Gasteiger partial charge is 0.254 e. The van der Waals surface area contributed by atoms with E-state index < -0.39 is 5.91 Å². The zero-order valence-corrected chi connectivity index (χ0v) is 19.6. The Hall–Kier alpha value is -3.37. The quantitative estimate of drug-likeness (QED) is 0.568. The van der Waals surface area contributed by atoms with Crippen molar-refractivity contribution in [1.29, 1.82) is 0 Å². The van der Waals surface area contributed by atoms with Crippen molar-refractivity contribution in [2.75, 3.05) is 56.7 Å². The molecule has 2 fully saturated rings. The molecule has 1 aromatic carbocycles. The van der Waals surface area contributed by atoms with Crippen molar-refractivity contribution in [2.24, 2.45) is 5.73 Å². The number of methoxy groups -OCH3 is 1. The summed E-state index contributed by atoms with van der Waals surface area (Å²) in [4.78, 5) is 36.9. The number of carbonyl (C=O) groups excluding carboxylic acids is 2. The predicted molar refractivity (Wildman–Crippen MR) is 129 cm³/mol. The number of nitrogens with zero attached hydrogens (tertiary/aromatic N) is 4. The van der Waals surface area contributed by atoms with Crippen LogP contribution in [0.3, 0.4) is 0 Å². The summed E-state index contributed by atoms with van der Waals surface area (Å²) in [6.45, 7) is 3.74. The average Bonchev–Trinajstić information content (AvgIpc) is 3.32. The Kier molecular flexibility index (Phi) is 7.49. The summed E-state index contributed by atoms with van der Waals surface area (Å²) in [5.74, 6) is 0.122. The van der Waals surface area contributed by atoms with Crippen molar-refractivity contribution in [3.63, 3.8) is 0 Å². The Morgan fingerprint density at radius 3 is 2.82 bits per heavy atom. The predicted octanol–water partition coefficient (Wildman–Crippen LogP) is 1.80. The Labute approximate surface area is 202 Å². The highest BCUT2D eigenvalue weighted by atomic mass is 35.5. The Morgan fingerprint density at radius 2 is 2.09 bits per heavy atom. The fraction of sp³-hybridized carbons (Fsp3) is 0.391. The van der Waals surface area contributed by atoms with Gasteiger partial charge in [-0.2, -0.15) is 4.98 Å². The van der Waals surface area contributed by atoms with Gasteiger partial charge in [-0.05, 0) is 30.2 Å². The van der Waals surface area contributed by atoms with Gasteiger partial charge in [0, 0.05) is 49.5 Å². The first kappa shape index (κ1) is 23.8. The first-order chi connectivity index (χ1) is 16.4. The SMILES string of the molecule is COc1nc(N[C@@H]2CCN(C(=O)c3ccc(C=CC(N)=O)c(N4CCOCC4)c3)C2)ncc1Cl. The van der Waals surface area contributed by atoms with Crippen molar-refractivity contribution in [3.8, 4) is 5.88 Å². The number of rotatable bonds is 7. The molecule has 4 rings (SSSR count). The van der Waals surface area contributed by atoms with Gasteiger partial charge in [-0.3, -0.25) is 9.59 Å². The standard InChI is InChI=1S/C23H27ClN6O4/c1-33-21-18(24)13-26-23(28-21)27-17-6-7-30(14-17)22(32)16-3-2-15(4-5-20(25)31)19(12-16)29-8-10-34-11-9-29/h2-5,12-13,17H,6-11,14H2,1H3,(H2,25,31)(H,26,27,28)/t17-/m1/s1. The zero-order chi connectivity index (χ0) is 24.1. The number of nitrogens with two attached hydrogens (primary N) is 1. The lowest BCUT2D eigenvalue weighted by molar-refractivity contribution is -0.113. The third kappa shape index (κ3) is 5.57. The van der Waals surface area contributed by atoms with Crippen LogP contribution >= 0.6 is 11.6 Å². The number of anilines is 2. The molecule has 180 valence electrons. The number of nitrogens with one attached hydrogen (secondary N) is 1. The van der Waals surface area contributed by atoms with E-state index in [9.17, 15) is 9.59 Å². The molecule has 10 nitrogen and oxygen atoms in total. The molecule has 1 atom stereocenters. The molecule has 2 aliphatic heterocycles. The topological polar surface area (TPSA) is 123 Å². The molecule has 0 saturated carbocycles. The highest BCUT2D eigenvalue weighted by Gasteiger charge is 2.28. The Morgan fingerprint density at radius 1 is 1.29 bits per heavy atom. The number of likely N-dealkylation sites (tertiary alicyclic amines) is 1. The number of aromatic nitrogens is 2. The molecule has 2 aliphatic rings. The molecule has 11 heteroatoms. The molecule has 34 heavy (non-hydrogen) atoms. The van der Waals surface area contributed by atoms with E-state index in [-0.39, 0.29) is 11.9 Å². The number of morpholine rings is 1. The zero-order valence-electron chi connectivity index (χ0n) is 18.9. The van der Waals surface area contributed by atoms with E-state index in [1.54, 1.807) is 12.1 Å². The van der Waals surface area contributed by atoms with Gasteiger partial charge in [0.25, 0.3) is 5.91 Å². The number of primary amides is 1. The van der Waals surface area contributed by atoms with Crippen molar-refractivity contribution in [1.82, 2.24) is 14.9 Å². The van der Waals surface area contributed by atoms with Crippen molar-refractivity contribution < 1.29 is 19.1 Å². The van der Waals surface area contributed by atoms with Crippen molar-refractivity contribution in [2.45, 2.75) is 12.5 Å². The second-order valence-electron chi connectivity index (χ2n) is 8.04. The number of carbonyl (C=O) groups is 2. The highest BCUT2D eigenvalue weighted by Crippen LogP contribution is 2.27. The van der Waals surface area contributed by atoms with E-state index >= 15 is 0 Å². The number of halogens is 1. The van der Waals surface area contributed by atoms with Gasteiger partial charge in [-0.15, -0.1) is 0 Å². The molecule has 3 heterocycles. The number of amides is 2. The third-order valence-electron chi connectivity index (χ3n) is 5.77. The van der Waals surface area contributed by atoms with Crippen LogP contribution < -0.4 is 20.7 Å². The second kappa shape index (κ2) is 10.7. The largest absolute Gasteiger partial charge is 0.480 e. The van der Waals surface area contributed by atoms with Gasteiger partial charge in [0.2, 0.25) is 17.7 Å². The second-order valence-corrected chi connectivity index (χ2v) is 8.45. The molecule has 0 bridgehead atoms. The molecule has 1 aromatic heterocycles. The lowest BCUT2D eigenvalue weighted by atomic mass is 10.1. The molecule has 3 N–H and O–H groups in total. The maximum absolute atomic E-state index is 13.3. The molecular formula is C23H27ClN6O4. The summed E-state index contributed by atoms with van der Waals surface area (Å²) in [7, 11) is 1.49. The fourth-order valence-electron chi connectivity index (χ4n) is 4.06. The summed E-state index contributed by atoms with van der Waals surface area (Å²) in [5, 5.41) is 3.58. The summed E-state index contributed by atoms with van der Waals surface area (Å²) >= 11 is 5.99. The van der Waals surface area contributed by atoms with Gasteiger partial charge in [0.05, 0.1) is 26.5 Å². The van der Waals surface area contributed by atoms with Gasteiger partial charge < -0.3 is 30.3 Å². The van der Waals surface area contributed by atoms with Crippen LogP contribution in [0, 0.1) is 0 Å². The molecule has 2 amide bonds. The Balaban J connectivity index is 1.48. The fourth-order valence-corrected chi connectivity index (χ4v) is 4.23. The summed E-state index contributed by atoms with van der Waals surface area (Å²) < 4.78 is 10.6. The first-order valence-electron chi connectivity index (χ1n) is 11.0. The molecular weight excluding hydrogens is 460 g/mol. The van der Waals surface area contributed by atoms with E-state index in [1.807, 2.05) is 17.0 Å². The minimum Gasteiger partial charge on any atom is -0.480 e. The van der Waals surface area contributed by atoms with Crippen LogP contribution in [0.25, 0.3) is 6.08 Å². The van der Waals surface area contributed by atoms with Gasteiger partial charge >= 0.3 is 0 Å². The summed E-state index contributed by atoms with van der Waals surface area (Å²) in [6.07, 6.45) is 5.24. The summed E-state index contributed by atoms with van der Waals surface area (Å²) in [6, 6.07) is 5.51. The van der Waals surface area contributed by atoms with E-state index in [1.165, 1.54) is 19.4 Å². The molecule has 0 aliphatic carbocycles. The number of hydrogen-bond acceptors (Lipinski definition) is 8. The minimum atomic E-state index is -0.522. The maximum Gasteiger partial charge on any atom is 0.254 e. The average molecular weight is 487 g/mol. The molecule has 2 aromatic rings. The van der Waals surface area contributed by atoms with Crippen LogP contribution in [-0.4, -0.2) is 79.2 Å². The maximum atomic E-state index is 13.3. The van der Waals surface area contributed by atoms with Gasteiger partial charge in [-0.1, -0.05) is 17.7 Å². The van der Waals surface area contributed by atoms with Crippen molar-refractivity contribution >= 4 is 41.1 Å². The Bertz CT molecular complexity index is 1090. The van der Waals surface area contributed by atoms with Crippen LogP contribution in [0.2, 0.25) is 5.02 Å². The highest BCUT2D eigenvalue weighted by molar-refractivity contribution is 6.31. The molecule has 0 radical (unpaired) electrons. The van der Waals surface area contributed by atoms with Crippen LogP contribution in [-0.2, 0) is 9.53 Å². The van der Waals surface area contributed by atoms with E-state index in [0.29, 0.717) is 61.8 Å². The molecule has 0 spiro atoms. The van der Waals surface area contributed by atoms with Crippen LogP contribution in [0.4, 0.5) is 11.6 Å². The van der Waals surface area contributed by atoms with E-state index in [2.05, 4.69) is 20.2 Å². The van der Waals surface area contributed by atoms with Crippen LogP contribution in [0.15, 0.2) is 30.5 Å². The lowest BCUT2D eigenvalue weighted by Crippen LogP contribution is -2.37. The van der Waals surface area contributed by atoms with Crippen LogP contribution in [0.1, 0.15) is 22.3 Å². The monoisotopic (exact) mass is 486 g/mol. The summed E-state index contributed by atoms with van der Waals surface area (Å²) in [5.41, 5.74) is 7.56. The number of hydrogen-bond donors (Lipinski definition) is 2. The number of ether oxygens (including phenoxy) is 2. The van der Waals surface area contributed by atoms with Crippen molar-refractivity contribution in [3.05, 3.63) is 46.6 Å². The molecule has 2 saturated heterocycles. The third-order valence-corrected chi connectivity index (χ3v) is 6.03. The normalized spacial score (nSPS) is 18.4.